The lowest BCUT2D eigenvalue weighted by molar-refractivity contribution is -0.138. The highest BCUT2D eigenvalue weighted by atomic mass is 16.4. The van der Waals surface area contributed by atoms with Crippen LogP contribution in [0.25, 0.3) is 22.2 Å². The van der Waals surface area contributed by atoms with E-state index < -0.39 is 11.9 Å². The van der Waals surface area contributed by atoms with Crippen molar-refractivity contribution >= 4 is 40.1 Å². The molecule has 0 aliphatic rings. The van der Waals surface area contributed by atoms with Crippen molar-refractivity contribution in [3.63, 3.8) is 0 Å². The smallest absolute Gasteiger partial charge is 0.303 e. The molecule has 4 N–H and O–H groups in total. The van der Waals surface area contributed by atoms with E-state index >= 15 is 0 Å². The minimum atomic E-state index is -1.03. The van der Waals surface area contributed by atoms with Crippen molar-refractivity contribution < 1.29 is 24.6 Å². The molecule has 0 aliphatic heterocycles. The third-order valence-corrected chi connectivity index (χ3v) is 5.60. The van der Waals surface area contributed by atoms with E-state index in [2.05, 4.69) is 20.8 Å². The van der Waals surface area contributed by atoms with Gasteiger partial charge in [0, 0.05) is 23.1 Å². The minimum Gasteiger partial charge on any atom is -0.508 e. The lowest BCUT2D eigenvalue weighted by atomic mass is 10.0. The molecule has 0 saturated heterocycles. The van der Waals surface area contributed by atoms with Gasteiger partial charge in [0.25, 0.3) is 5.91 Å². The summed E-state index contributed by atoms with van der Waals surface area (Å²) in [5.41, 5.74) is 6.82. The van der Waals surface area contributed by atoms with E-state index in [0.717, 1.165) is 11.1 Å². The Morgan fingerprint density at radius 3 is 2.32 bits per heavy atom. The number of carbonyl (C=O) groups excluding carboxylic acids is 2. The molecule has 0 unspecified atom stereocenters. The summed E-state index contributed by atoms with van der Waals surface area (Å²) >= 11 is 0. The molecule has 4 rings (SSSR count). The van der Waals surface area contributed by atoms with E-state index in [1.54, 1.807) is 61.5 Å². The van der Waals surface area contributed by atoms with Gasteiger partial charge < -0.3 is 15.5 Å². The standard InChI is InChI=1S/C28H24N4O5/c1-17(18-6-10-20(11-7-18)29-26(34)14-15-27(35)36)31-32-28(37)23-16-25(19-8-12-21(33)13-9-19)30-24-5-3-2-4-22(23)24/h2-13,16,33H,14-15H2,1H3,(H,29,34)(H,32,37)(H,35,36)/b31-17+. The Balaban J connectivity index is 1.51. The largest absolute Gasteiger partial charge is 0.508 e. The molecular weight excluding hydrogens is 472 g/mol. The number of fused-ring (bicyclic) bond motifs is 1. The summed E-state index contributed by atoms with van der Waals surface area (Å²) in [5.74, 6) is -1.68. The van der Waals surface area contributed by atoms with Crippen LogP contribution in [0.1, 0.15) is 35.7 Å². The van der Waals surface area contributed by atoms with Gasteiger partial charge in [-0.05, 0) is 61.0 Å². The van der Waals surface area contributed by atoms with Gasteiger partial charge in [0.15, 0.2) is 0 Å². The van der Waals surface area contributed by atoms with Crippen molar-refractivity contribution in [2.24, 2.45) is 5.10 Å². The lowest BCUT2D eigenvalue weighted by Gasteiger charge is -2.10. The number of carboxylic acid groups (broad SMARTS) is 1. The first kappa shape index (κ1) is 25.1. The first-order valence-corrected chi connectivity index (χ1v) is 11.5. The Hall–Kier alpha value is -5.05. The van der Waals surface area contributed by atoms with E-state index in [0.29, 0.717) is 33.6 Å². The number of carboxylic acids is 1. The van der Waals surface area contributed by atoms with E-state index in [4.69, 9.17) is 5.11 Å². The second-order valence-corrected chi connectivity index (χ2v) is 8.28. The molecular formula is C28H24N4O5. The molecule has 9 nitrogen and oxygen atoms in total. The maximum Gasteiger partial charge on any atom is 0.303 e. The van der Waals surface area contributed by atoms with Gasteiger partial charge in [-0.1, -0.05) is 30.3 Å². The summed E-state index contributed by atoms with van der Waals surface area (Å²) in [4.78, 5) is 40.2. The number of phenols is 1. The van der Waals surface area contributed by atoms with Crippen LogP contribution < -0.4 is 10.7 Å². The van der Waals surface area contributed by atoms with Crippen LogP contribution in [0.3, 0.4) is 0 Å². The zero-order valence-corrected chi connectivity index (χ0v) is 19.9. The number of carbonyl (C=O) groups is 3. The third-order valence-electron chi connectivity index (χ3n) is 5.60. The molecule has 0 atom stereocenters. The van der Waals surface area contributed by atoms with Crippen LogP contribution in [0, 0.1) is 0 Å². The fourth-order valence-corrected chi connectivity index (χ4v) is 3.64. The van der Waals surface area contributed by atoms with Crippen LogP contribution in [0.4, 0.5) is 5.69 Å². The van der Waals surface area contributed by atoms with E-state index in [-0.39, 0.29) is 24.5 Å². The number of pyridine rings is 1. The quantitative estimate of drug-likeness (QED) is 0.208. The van der Waals surface area contributed by atoms with Gasteiger partial charge in [-0.2, -0.15) is 5.10 Å². The van der Waals surface area contributed by atoms with Crippen molar-refractivity contribution in [1.82, 2.24) is 10.4 Å². The highest BCUT2D eigenvalue weighted by Crippen LogP contribution is 2.26. The van der Waals surface area contributed by atoms with Crippen LogP contribution in [0.5, 0.6) is 5.75 Å². The number of rotatable bonds is 8. The molecule has 3 aromatic carbocycles. The topological polar surface area (TPSA) is 141 Å². The summed E-state index contributed by atoms with van der Waals surface area (Å²) in [5, 5.41) is 25.8. The van der Waals surface area contributed by atoms with Gasteiger partial charge in [0.1, 0.15) is 5.75 Å². The number of aliphatic carboxylic acids is 1. The Bertz CT molecular complexity index is 1500. The molecule has 37 heavy (non-hydrogen) atoms. The number of nitrogens with zero attached hydrogens (tertiary/aromatic N) is 2. The van der Waals surface area contributed by atoms with Crippen LogP contribution in [0.15, 0.2) is 84.0 Å². The summed E-state index contributed by atoms with van der Waals surface area (Å²) in [6, 6.07) is 22.4. The van der Waals surface area contributed by atoms with Crippen molar-refractivity contribution in [2.75, 3.05) is 5.32 Å². The van der Waals surface area contributed by atoms with E-state index in [1.807, 2.05) is 24.3 Å². The van der Waals surface area contributed by atoms with Crippen LogP contribution in [-0.2, 0) is 9.59 Å². The van der Waals surface area contributed by atoms with Gasteiger partial charge >= 0.3 is 5.97 Å². The molecule has 0 bridgehead atoms. The van der Waals surface area contributed by atoms with Gasteiger partial charge in [0.05, 0.1) is 28.9 Å². The summed E-state index contributed by atoms with van der Waals surface area (Å²) < 4.78 is 0. The fraction of sp³-hybridized carbons (Fsp3) is 0.107. The second-order valence-electron chi connectivity index (χ2n) is 8.28. The Labute approximate surface area is 212 Å². The van der Waals surface area contributed by atoms with E-state index in [9.17, 15) is 19.5 Å². The summed E-state index contributed by atoms with van der Waals surface area (Å²) in [7, 11) is 0. The number of anilines is 1. The predicted octanol–water partition coefficient (Wildman–Crippen LogP) is 4.56. The number of amides is 2. The fourth-order valence-electron chi connectivity index (χ4n) is 3.64. The zero-order chi connectivity index (χ0) is 26.4. The molecule has 0 saturated carbocycles. The molecule has 0 aliphatic carbocycles. The van der Waals surface area contributed by atoms with Gasteiger partial charge in [0.2, 0.25) is 5.91 Å². The Kier molecular flexibility index (Phi) is 7.53. The SMILES string of the molecule is C/C(=N\NC(=O)c1cc(-c2ccc(O)cc2)nc2ccccc12)c1ccc(NC(=O)CCC(=O)O)cc1. The Morgan fingerprint density at radius 2 is 1.62 bits per heavy atom. The molecule has 0 fully saturated rings. The number of aromatic nitrogens is 1. The van der Waals surface area contributed by atoms with E-state index in [1.165, 1.54) is 0 Å². The van der Waals surface area contributed by atoms with Gasteiger partial charge in [-0.25, -0.2) is 10.4 Å². The van der Waals surface area contributed by atoms with Crippen LogP contribution in [0.2, 0.25) is 0 Å². The molecule has 0 radical (unpaired) electrons. The number of benzene rings is 3. The first-order chi connectivity index (χ1) is 17.8. The monoisotopic (exact) mass is 496 g/mol. The maximum atomic E-state index is 13.1. The average Bonchev–Trinajstić information content (AvgIpc) is 2.90. The molecule has 0 spiro atoms. The first-order valence-electron chi connectivity index (χ1n) is 11.5. The average molecular weight is 497 g/mol. The Morgan fingerprint density at radius 1 is 0.919 bits per heavy atom. The van der Waals surface area contributed by atoms with Crippen molar-refractivity contribution in [3.8, 4) is 17.0 Å². The predicted molar refractivity (Wildman–Crippen MR) is 140 cm³/mol. The highest BCUT2D eigenvalue weighted by molar-refractivity contribution is 6.08. The van der Waals surface area contributed by atoms with Crippen LogP contribution in [-0.4, -0.2) is 38.7 Å². The number of para-hydroxylation sites is 1. The molecule has 2 amide bonds. The molecule has 186 valence electrons. The number of phenolic OH excluding ortho intramolecular Hbond substituents is 1. The van der Waals surface area contributed by atoms with Crippen molar-refractivity contribution in [3.05, 3.63) is 90.0 Å². The van der Waals surface area contributed by atoms with Crippen molar-refractivity contribution in [2.45, 2.75) is 19.8 Å². The molecule has 1 heterocycles. The molecule has 9 heteroatoms. The summed E-state index contributed by atoms with van der Waals surface area (Å²) in [6.45, 7) is 1.74. The van der Waals surface area contributed by atoms with Gasteiger partial charge in [-0.15, -0.1) is 0 Å². The van der Waals surface area contributed by atoms with Crippen molar-refractivity contribution in [1.29, 1.82) is 0 Å². The second kappa shape index (κ2) is 11.1. The maximum absolute atomic E-state index is 13.1. The number of hydrazone groups is 1. The normalized spacial score (nSPS) is 11.2. The van der Waals surface area contributed by atoms with Gasteiger partial charge in [-0.3, -0.25) is 14.4 Å². The molecule has 4 aromatic rings. The minimum absolute atomic E-state index is 0.109. The number of nitrogens with one attached hydrogen (secondary N) is 2. The number of hydrogen-bond donors (Lipinski definition) is 4. The number of hydrogen-bond acceptors (Lipinski definition) is 6. The lowest BCUT2D eigenvalue weighted by Crippen LogP contribution is -2.20. The van der Waals surface area contributed by atoms with Crippen LogP contribution >= 0.6 is 0 Å². The zero-order valence-electron chi connectivity index (χ0n) is 19.9. The highest BCUT2D eigenvalue weighted by Gasteiger charge is 2.14. The molecule has 1 aromatic heterocycles. The number of aromatic hydroxyl groups is 1. The third kappa shape index (κ3) is 6.34. The summed E-state index contributed by atoms with van der Waals surface area (Å²) in [6.07, 6.45) is -0.347.